The van der Waals surface area contributed by atoms with E-state index in [0.717, 1.165) is 32.4 Å². The molecule has 0 spiro atoms. The van der Waals surface area contributed by atoms with Crippen molar-refractivity contribution in [3.05, 3.63) is 59.7 Å². The molecule has 2 aliphatic heterocycles. The van der Waals surface area contributed by atoms with Crippen LogP contribution in [-0.2, 0) is 4.79 Å². The van der Waals surface area contributed by atoms with Gasteiger partial charge in [-0.05, 0) is 68.4 Å². The van der Waals surface area contributed by atoms with Gasteiger partial charge in [0.15, 0.2) is 0 Å². The van der Waals surface area contributed by atoms with E-state index >= 15 is 0 Å². The highest BCUT2D eigenvalue weighted by molar-refractivity contribution is 5.98. The third kappa shape index (κ3) is 5.80. The van der Waals surface area contributed by atoms with Crippen molar-refractivity contribution < 1.29 is 23.9 Å². The summed E-state index contributed by atoms with van der Waals surface area (Å²) in [5.74, 6) is 0.677. The minimum absolute atomic E-state index is 0.0274. The molecule has 192 valence electrons. The zero-order valence-corrected chi connectivity index (χ0v) is 21.1. The molecule has 2 aromatic rings. The SMILES string of the molecule is COc1cccc(C(=O)N[C@H](C(=O)N2CCCCC2)C2CCN(C(=O)c3ccccc3OC)CC2)c1. The van der Waals surface area contributed by atoms with Crippen molar-refractivity contribution in [1.29, 1.82) is 0 Å². The lowest BCUT2D eigenvalue weighted by Gasteiger charge is -2.38. The first-order chi connectivity index (χ1) is 17.5. The van der Waals surface area contributed by atoms with Crippen molar-refractivity contribution in [2.45, 2.75) is 38.1 Å². The maximum absolute atomic E-state index is 13.6. The van der Waals surface area contributed by atoms with Crippen LogP contribution in [0.5, 0.6) is 11.5 Å². The lowest BCUT2D eigenvalue weighted by molar-refractivity contribution is -0.136. The molecule has 8 nitrogen and oxygen atoms in total. The summed E-state index contributed by atoms with van der Waals surface area (Å²) in [7, 11) is 3.11. The molecule has 0 saturated carbocycles. The molecular formula is C28H35N3O5. The van der Waals surface area contributed by atoms with E-state index in [9.17, 15) is 14.4 Å². The second-order valence-corrected chi connectivity index (χ2v) is 9.40. The van der Waals surface area contributed by atoms with Gasteiger partial charge in [-0.2, -0.15) is 0 Å². The summed E-state index contributed by atoms with van der Waals surface area (Å²) in [6.45, 7) is 2.46. The fourth-order valence-electron chi connectivity index (χ4n) is 5.11. The number of rotatable bonds is 7. The third-order valence-corrected chi connectivity index (χ3v) is 7.19. The number of likely N-dealkylation sites (tertiary alicyclic amines) is 2. The summed E-state index contributed by atoms with van der Waals surface area (Å²) in [5.41, 5.74) is 0.986. The van der Waals surface area contributed by atoms with Gasteiger partial charge in [-0.1, -0.05) is 18.2 Å². The minimum Gasteiger partial charge on any atom is -0.497 e. The van der Waals surface area contributed by atoms with E-state index < -0.39 is 6.04 Å². The van der Waals surface area contributed by atoms with Crippen molar-refractivity contribution in [3.63, 3.8) is 0 Å². The van der Waals surface area contributed by atoms with Gasteiger partial charge in [0.2, 0.25) is 5.91 Å². The first kappa shape index (κ1) is 25.5. The molecule has 2 saturated heterocycles. The van der Waals surface area contributed by atoms with E-state index in [1.165, 1.54) is 0 Å². The fraction of sp³-hybridized carbons (Fsp3) is 0.464. The molecule has 0 radical (unpaired) electrons. The van der Waals surface area contributed by atoms with Crippen molar-refractivity contribution >= 4 is 17.7 Å². The van der Waals surface area contributed by atoms with Gasteiger partial charge in [0.1, 0.15) is 17.5 Å². The number of hydrogen-bond acceptors (Lipinski definition) is 5. The summed E-state index contributed by atoms with van der Waals surface area (Å²) < 4.78 is 10.6. The summed E-state index contributed by atoms with van der Waals surface area (Å²) in [6, 6.07) is 13.5. The molecule has 0 aliphatic carbocycles. The quantitative estimate of drug-likeness (QED) is 0.639. The number of carbonyl (C=O) groups excluding carboxylic acids is 3. The Bertz CT molecular complexity index is 1070. The molecule has 0 aromatic heterocycles. The molecule has 3 amide bonds. The van der Waals surface area contributed by atoms with E-state index in [0.29, 0.717) is 48.6 Å². The van der Waals surface area contributed by atoms with Gasteiger partial charge in [-0.3, -0.25) is 14.4 Å². The molecule has 2 aliphatic rings. The maximum atomic E-state index is 13.6. The average Bonchev–Trinajstić information content (AvgIpc) is 2.95. The third-order valence-electron chi connectivity index (χ3n) is 7.19. The molecular weight excluding hydrogens is 458 g/mol. The van der Waals surface area contributed by atoms with Gasteiger partial charge in [0.25, 0.3) is 11.8 Å². The first-order valence-corrected chi connectivity index (χ1v) is 12.7. The van der Waals surface area contributed by atoms with Crippen molar-refractivity contribution in [2.24, 2.45) is 5.92 Å². The number of amides is 3. The lowest BCUT2D eigenvalue weighted by Crippen LogP contribution is -2.55. The topological polar surface area (TPSA) is 88.2 Å². The molecule has 36 heavy (non-hydrogen) atoms. The Kier molecular flexibility index (Phi) is 8.46. The van der Waals surface area contributed by atoms with Gasteiger partial charge >= 0.3 is 0 Å². The van der Waals surface area contributed by atoms with Crippen LogP contribution >= 0.6 is 0 Å². The fourth-order valence-corrected chi connectivity index (χ4v) is 5.11. The number of ether oxygens (including phenoxy) is 2. The summed E-state index contributed by atoms with van der Waals surface area (Å²) in [4.78, 5) is 43.6. The number of carbonyl (C=O) groups is 3. The van der Waals surface area contributed by atoms with Crippen LogP contribution in [0.25, 0.3) is 0 Å². The normalized spacial score (nSPS) is 17.3. The molecule has 2 heterocycles. The standard InChI is InChI=1S/C28H35N3O5/c1-35-22-10-8-9-21(19-22)26(32)29-25(28(34)30-15-6-3-7-16-30)20-13-17-31(18-14-20)27(33)23-11-4-5-12-24(23)36-2/h4-5,8-12,19-20,25H,3,6-7,13-18H2,1-2H3,(H,29,32)/t25-/m0/s1. The second-order valence-electron chi connectivity index (χ2n) is 9.40. The zero-order chi connectivity index (χ0) is 25.5. The Hall–Kier alpha value is -3.55. The van der Waals surface area contributed by atoms with Gasteiger partial charge in [-0.15, -0.1) is 0 Å². The number of hydrogen-bond donors (Lipinski definition) is 1. The zero-order valence-electron chi connectivity index (χ0n) is 21.1. The summed E-state index contributed by atoms with van der Waals surface area (Å²) in [5, 5.41) is 3.04. The Morgan fingerprint density at radius 3 is 2.28 bits per heavy atom. The van der Waals surface area contributed by atoms with E-state index in [4.69, 9.17) is 9.47 Å². The molecule has 8 heteroatoms. The van der Waals surface area contributed by atoms with Crippen LogP contribution in [0.2, 0.25) is 0 Å². The number of nitrogens with zero attached hydrogens (tertiary/aromatic N) is 2. The van der Waals surface area contributed by atoms with Gasteiger partial charge < -0.3 is 24.6 Å². The Labute approximate surface area is 212 Å². The molecule has 4 rings (SSSR count). The number of nitrogens with one attached hydrogen (secondary N) is 1. The minimum atomic E-state index is -0.634. The highest BCUT2D eigenvalue weighted by Gasteiger charge is 2.37. The van der Waals surface area contributed by atoms with E-state index in [1.54, 1.807) is 55.5 Å². The van der Waals surface area contributed by atoms with Gasteiger partial charge in [-0.25, -0.2) is 0 Å². The lowest BCUT2D eigenvalue weighted by atomic mass is 9.87. The van der Waals surface area contributed by atoms with Crippen LogP contribution in [-0.4, -0.2) is 74.0 Å². The van der Waals surface area contributed by atoms with E-state index in [-0.39, 0.29) is 23.6 Å². The molecule has 0 bridgehead atoms. The van der Waals surface area contributed by atoms with Crippen LogP contribution in [0, 0.1) is 5.92 Å². The highest BCUT2D eigenvalue weighted by Crippen LogP contribution is 2.27. The predicted molar refractivity (Wildman–Crippen MR) is 136 cm³/mol. The number of para-hydroxylation sites is 1. The van der Waals surface area contributed by atoms with Crippen LogP contribution in [0.15, 0.2) is 48.5 Å². The second kappa shape index (κ2) is 11.9. The van der Waals surface area contributed by atoms with Gasteiger partial charge in [0, 0.05) is 31.7 Å². The van der Waals surface area contributed by atoms with Crippen molar-refractivity contribution in [1.82, 2.24) is 15.1 Å². The van der Waals surface area contributed by atoms with Crippen LogP contribution in [0.4, 0.5) is 0 Å². The molecule has 2 fully saturated rings. The Balaban J connectivity index is 1.48. The Morgan fingerprint density at radius 1 is 0.861 bits per heavy atom. The first-order valence-electron chi connectivity index (χ1n) is 12.7. The van der Waals surface area contributed by atoms with Crippen LogP contribution in [0.3, 0.4) is 0 Å². The van der Waals surface area contributed by atoms with Crippen LogP contribution < -0.4 is 14.8 Å². The molecule has 0 unspecified atom stereocenters. The smallest absolute Gasteiger partial charge is 0.257 e. The molecule has 1 N–H and O–H groups in total. The highest BCUT2D eigenvalue weighted by atomic mass is 16.5. The molecule has 1 atom stereocenters. The number of benzene rings is 2. The summed E-state index contributed by atoms with van der Waals surface area (Å²) in [6.07, 6.45) is 4.34. The molecule has 2 aromatic carbocycles. The largest absolute Gasteiger partial charge is 0.497 e. The van der Waals surface area contributed by atoms with Crippen molar-refractivity contribution in [3.8, 4) is 11.5 Å². The summed E-state index contributed by atoms with van der Waals surface area (Å²) >= 11 is 0. The maximum Gasteiger partial charge on any atom is 0.257 e. The van der Waals surface area contributed by atoms with Crippen molar-refractivity contribution in [2.75, 3.05) is 40.4 Å². The predicted octanol–water partition coefficient (Wildman–Crippen LogP) is 3.37. The average molecular weight is 494 g/mol. The van der Waals surface area contributed by atoms with E-state index in [2.05, 4.69) is 5.32 Å². The number of piperidine rings is 2. The number of methoxy groups -OCH3 is 2. The van der Waals surface area contributed by atoms with E-state index in [1.807, 2.05) is 17.0 Å². The van der Waals surface area contributed by atoms with Crippen LogP contribution in [0.1, 0.15) is 52.8 Å². The Morgan fingerprint density at radius 2 is 1.58 bits per heavy atom. The van der Waals surface area contributed by atoms with Gasteiger partial charge in [0.05, 0.1) is 19.8 Å². The monoisotopic (exact) mass is 493 g/mol.